The molecule has 0 saturated heterocycles. The lowest BCUT2D eigenvalue weighted by Crippen LogP contribution is -2.33. The molecule has 0 aromatic carbocycles. The van der Waals surface area contributed by atoms with Crippen molar-refractivity contribution in [1.29, 1.82) is 0 Å². The van der Waals surface area contributed by atoms with Gasteiger partial charge in [-0.05, 0) is 12.1 Å². The molecule has 2 heterocycles. The van der Waals surface area contributed by atoms with Crippen LogP contribution in [0, 0.1) is 0 Å². The highest BCUT2D eigenvalue weighted by Crippen LogP contribution is 2.18. The minimum Gasteiger partial charge on any atom is -0.324 e. The van der Waals surface area contributed by atoms with E-state index in [1.807, 2.05) is 0 Å². The van der Waals surface area contributed by atoms with E-state index in [4.69, 9.17) is 5.84 Å². The van der Waals surface area contributed by atoms with Gasteiger partial charge in [-0.15, -0.1) is 0 Å². The second-order valence-electron chi connectivity index (χ2n) is 3.67. The lowest BCUT2D eigenvalue weighted by molar-refractivity contribution is 0.596. The first-order valence-electron chi connectivity index (χ1n) is 5.32. The van der Waals surface area contributed by atoms with Crippen LogP contribution in [0.5, 0.6) is 0 Å². The van der Waals surface area contributed by atoms with Gasteiger partial charge in [-0.25, -0.2) is 0 Å². The molecule has 2 aromatic rings. The van der Waals surface area contributed by atoms with Gasteiger partial charge >= 0.3 is 11.1 Å². The molecule has 0 atom stereocenters. The minimum atomic E-state index is -0.800. The Morgan fingerprint density at radius 1 is 1.53 bits per heavy atom. The Bertz CT molecular complexity index is 695. The third-order valence-corrected chi connectivity index (χ3v) is 3.34. The zero-order valence-electron chi connectivity index (χ0n) is 10.1. The molecule has 0 amide bonds. The Morgan fingerprint density at radius 2 is 2.32 bits per heavy atom. The highest BCUT2D eigenvalue weighted by atomic mass is 32.2. The average molecular weight is 280 g/mol. The predicted octanol–water partition coefficient (Wildman–Crippen LogP) is -0.558. The first kappa shape index (κ1) is 13.3. The van der Waals surface area contributed by atoms with E-state index in [0.29, 0.717) is 10.9 Å². The quantitative estimate of drug-likeness (QED) is 0.297. The van der Waals surface area contributed by atoms with Gasteiger partial charge in [0.1, 0.15) is 0 Å². The van der Waals surface area contributed by atoms with Gasteiger partial charge in [0.05, 0.1) is 11.4 Å². The van der Waals surface area contributed by atoms with Gasteiger partial charge in [0.25, 0.3) is 0 Å². The topological polar surface area (TPSA) is 119 Å². The molecule has 0 fully saturated rings. The number of nitrogen functional groups attached to an aromatic ring is 1. The number of aromatic amines is 1. The van der Waals surface area contributed by atoms with Gasteiger partial charge in [0, 0.05) is 19.0 Å². The molecule has 0 saturated carbocycles. The van der Waals surface area contributed by atoms with E-state index in [-0.39, 0.29) is 0 Å². The van der Waals surface area contributed by atoms with Crippen LogP contribution in [-0.4, -0.2) is 19.7 Å². The molecule has 8 nitrogen and oxygen atoms in total. The van der Waals surface area contributed by atoms with Crippen molar-refractivity contribution in [1.82, 2.24) is 19.7 Å². The van der Waals surface area contributed by atoms with Crippen LogP contribution < -0.4 is 22.4 Å². The fraction of sp³-hybridized carbons (Fsp3) is 0.200. The van der Waals surface area contributed by atoms with Crippen molar-refractivity contribution in [2.45, 2.75) is 10.9 Å². The van der Waals surface area contributed by atoms with Crippen molar-refractivity contribution in [3.05, 3.63) is 44.7 Å². The summed E-state index contributed by atoms with van der Waals surface area (Å²) in [5.41, 5.74) is 2.51. The number of hydrogen-bond donors (Lipinski definition) is 3. The van der Waals surface area contributed by atoms with Gasteiger partial charge in [-0.2, -0.15) is 4.98 Å². The fourth-order valence-corrected chi connectivity index (χ4v) is 2.20. The molecule has 4 N–H and O–H groups in total. The summed E-state index contributed by atoms with van der Waals surface area (Å²) in [6, 6.07) is 3.53. The van der Waals surface area contributed by atoms with Crippen LogP contribution in [0.1, 0.15) is 5.69 Å². The summed E-state index contributed by atoms with van der Waals surface area (Å²) < 4.78 is 1.40. The third kappa shape index (κ3) is 3.20. The Labute approximate surface area is 112 Å². The Balaban J connectivity index is 2.16. The van der Waals surface area contributed by atoms with Crippen molar-refractivity contribution in [3.63, 3.8) is 0 Å². The first-order chi connectivity index (χ1) is 9.10. The van der Waals surface area contributed by atoms with Crippen LogP contribution in [0.2, 0.25) is 0 Å². The number of rotatable bonds is 4. The van der Waals surface area contributed by atoms with Crippen molar-refractivity contribution >= 4 is 17.4 Å². The molecule has 0 aliphatic rings. The summed E-state index contributed by atoms with van der Waals surface area (Å²) in [6.07, 6.45) is 1.63. The average Bonchev–Trinajstić information content (AvgIpc) is 2.41. The monoisotopic (exact) mass is 280 g/mol. The number of anilines is 1. The van der Waals surface area contributed by atoms with Gasteiger partial charge in [-0.1, -0.05) is 11.8 Å². The number of H-pyrrole nitrogens is 1. The van der Waals surface area contributed by atoms with Crippen molar-refractivity contribution in [2.24, 2.45) is 12.9 Å². The van der Waals surface area contributed by atoms with Crippen LogP contribution in [0.3, 0.4) is 0 Å². The van der Waals surface area contributed by atoms with E-state index in [9.17, 15) is 9.59 Å². The minimum absolute atomic E-state index is 0.414. The van der Waals surface area contributed by atoms with Gasteiger partial charge in [0.15, 0.2) is 5.16 Å². The fourth-order valence-electron chi connectivity index (χ4n) is 1.38. The van der Waals surface area contributed by atoms with E-state index in [1.54, 1.807) is 25.4 Å². The number of nitrogens with one attached hydrogen (secondary N) is 2. The van der Waals surface area contributed by atoms with E-state index in [2.05, 4.69) is 20.5 Å². The molecule has 0 aliphatic carbocycles. The van der Waals surface area contributed by atoms with E-state index in [1.165, 1.54) is 16.4 Å². The van der Waals surface area contributed by atoms with Crippen LogP contribution in [0.4, 0.5) is 5.69 Å². The molecule has 19 heavy (non-hydrogen) atoms. The molecule has 0 radical (unpaired) electrons. The third-order valence-electron chi connectivity index (χ3n) is 2.28. The highest BCUT2D eigenvalue weighted by molar-refractivity contribution is 7.98. The maximum atomic E-state index is 11.2. The maximum Gasteiger partial charge on any atom is 0.339 e. The molecule has 0 aliphatic heterocycles. The molecule has 2 aromatic heterocycles. The van der Waals surface area contributed by atoms with Crippen LogP contribution in [0.25, 0.3) is 0 Å². The van der Waals surface area contributed by atoms with Crippen LogP contribution in [0.15, 0.2) is 33.1 Å². The summed E-state index contributed by atoms with van der Waals surface area (Å²) in [6.45, 7) is 0. The Morgan fingerprint density at radius 3 is 3.05 bits per heavy atom. The highest BCUT2D eigenvalue weighted by Gasteiger charge is 2.05. The maximum absolute atomic E-state index is 11.2. The number of pyridine rings is 1. The SMILES string of the molecule is Cn1[nH]c(=O)c(=O)nc1SCc1cc(NN)ccn1. The lowest BCUT2D eigenvalue weighted by atomic mass is 10.3. The molecule has 0 bridgehead atoms. The summed E-state index contributed by atoms with van der Waals surface area (Å²) >= 11 is 1.29. The summed E-state index contributed by atoms with van der Waals surface area (Å²) in [7, 11) is 1.61. The normalized spacial score (nSPS) is 10.4. The van der Waals surface area contributed by atoms with Gasteiger partial charge in [-0.3, -0.25) is 30.2 Å². The molecule has 9 heteroatoms. The molecule has 0 spiro atoms. The lowest BCUT2D eigenvalue weighted by Gasteiger charge is -2.06. The zero-order valence-corrected chi connectivity index (χ0v) is 10.9. The molecular formula is C10H12N6O2S. The zero-order chi connectivity index (χ0) is 13.8. The van der Waals surface area contributed by atoms with Crippen LogP contribution in [-0.2, 0) is 12.8 Å². The van der Waals surface area contributed by atoms with Crippen molar-refractivity contribution in [3.8, 4) is 0 Å². The molecule has 2 rings (SSSR count). The number of nitrogens with two attached hydrogens (primary N) is 1. The second kappa shape index (κ2) is 5.67. The number of nitrogens with zero attached hydrogens (tertiary/aromatic N) is 3. The number of hydrazine groups is 1. The van der Waals surface area contributed by atoms with Crippen molar-refractivity contribution in [2.75, 3.05) is 5.43 Å². The number of aromatic nitrogens is 4. The number of thioether (sulfide) groups is 1. The molecule has 0 unspecified atom stereocenters. The second-order valence-corrected chi connectivity index (χ2v) is 4.61. The van der Waals surface area contributed by atoms with E-state index < -0.39 is 11.1 Å². The summed E-state index contributed by atoms with van der Waals surface area (Å²) in [5, 5.41) is 2.79. The standard InChI is InChI=1S/C10H12N6O2S/c1-16-10(13-8(17)9(18)15-16)19-5-7-4-6(14-11)2-3-12-7/h2-4H,5,11H2,1H3,(H,12,14)(H,15,18). The number of hydrogen-bond acceptors (Lipinski definition) is 7. The van der Waals surface area contributed by atoms with Crippen LogP contribution >= 0.6 is 11.8 Å². The smallest absolute Gasteiger partial charge is 0.324 e. The van der Waals surface area contributed by atoms with Crippen molar-refractivity contribution < 1.29 is 0 Å². The Hall–Kier alpha value is -2.13. The summed E-state index contributed by atoms with van der Waals surface area (Å²) in [5.74, 6) is 5.81. The van der Waals surface area contributed by atoms with E-state index in [0.717, 1.165) is 11.4 Å². The molecule has 100 valence electrons. The molecular weight excluding hydrogens is 268 g/mol. The van der Waals surface area contributed by atoms with E-state index >= 15 is 0 Å². The Kier molecular flexibility index (Phi) is 3.97. The van der Waals surface area contributed by atoms with Gasteiger partial charge in [0.2, 0.25) is 0 Å². The predicted molar refractivity (Wildman–Crippen MR) is 71.7 cm³/mol. The largest absolute Gasteiger partial charge is 0.339 e. The summed E-state index contributed by atoms with van der Waals surface area (Å²) in [4.78, 5) is 30.1. The number of aryl methyl sites for hydroxylation is 1. The van der Waals surface area contributed by atoms with Gasteiger partial charge < -0.3 is 5.43 Å². The first-order valence-corrected chi connectivity index (χ1v) is 6.30.